The van der Waals surface area contributed by atoms with Gasteiger partial charge in [0.15, 0.2) is 4.80 Å². The molecule has 132 valence electrons. The lowest BCUT2D eigenvalue weighted by atomic mass is 10.0. The lowest BCUT2D eigenvalue weighted by Gasteiger charge is -2.11. The predicted molar refractivity (Wildman–Crippen MR) is 106 cm³/mol. The van der Waals surface area contributed by atoms with E-state index in [0.29, 0.717) is 4.80 Å². The minimum absolute atomic E-state index is 0.129. The average Bonchev–Trinajstić information content (AvgIpc) is 3.34. The Morgan fingerprint density at radius 1 is 1.04 bits per heavy atom. The Morgan fingerprint density at radius 2 is 1.77 bits per heavy atom. The van der Waals surface area contributed by atoms with E-state index in [1.165, 1.54) is 28.0 Å². The van der Waals surface area contributed by atoms with Crippen molar-refractivity contribution in [3.8, 4) is 16.8 Å². The highest BCUT2D eigenvalue weighted by atomic mass is 32.1. The number of nitrogens with zero attached hydrogens (tertiary/aromatic N) is 3. The largest absolute Gasteiger partial charge is 0.346 e. The predicted octanol–water partition coefficient (Wildman–Crippen LogP) is 4.63. The number of amides is 2. The van der Waals surface area contributed by atoms with Gasteiger partial charge in [-0.2, -0.15) is 4.99 Å². The molecule has 4 rings (SSSR count). The molecule has 0 atom stereocenters. The zero-order valence-electron chi connectivity index (χ0n) is 14.8. The summed E-state index contributed by atoms with van der Waals surface area (Å²) in [6.07, 6.45) is 4.11. The van der Waals surface area contributed by atoms with E-state index in [-0.39, 0.29) is 6.03 Å². The number of carbonyl (C=O) groups is 1. The molecule has 0 spiro atoms. The molecule has 2 aromatic carbocycles. The van der Waals surface area contributed by atoms with E-state index in [4.69, 9.17) is 0 Å². The lowest BCUT2D eigenvalue weighted by Crippen LogP contribution is -2.27. The summed E-state index contributed by atoms with van der Waals surface area (Å²) in [5, 5.41) is 1.96. The van der Waals surface area contributed by atoms with Crippen LogP contribution in [-0.4, -0.2) is 28.6 Å². The van der Waals surface area contributed by atoms with E-state index < -0.39 is 0 Å². The van der Waals surface area contributed by atoms with Crippen molar-refractivity contribution in [2.45, 2.75) is 19.8 Å². The standard InChI is InChI=1S/C21H21N3OS/c1-16-6-2-3-7-19(16)17-8-10-18(11-9-17)24-14-15-26-21(24)22-20(25)23-12-4-5-13-23/h2-3,6-11,14-15H,4-5,12-13H2,1H3. The van der Waals surface area contributed by atoms with Gasteiger partial charge in [0.1, 0.15) is 0 Å². The molecular formula is C21H21N3OS. The first-order valence-corrected chi connectivity index (χ1v) is 9.76. The summed E-state index contributed by atoms with van der Waals surface area (Å²) in [5.74, 6) is 0. The van der Waals surface area contributed by atoms with Gasteiger partial charge in [-0.1, -0.05) is 36.4 Å². The van der Waals surface area contributed by atoms with E-state index >= 15 is 0 Å². The fourth-order valence-electron chi connectivity index (χ4n) is 3.31. The molecule has 1 fully saturated rings. The minimum Gasteiger partial charge on any atom is -0.323 e. The monoisotopic (exact) mass is 363 g/mol. The zero-order chi connectivity index (χ0) is 17.9. The number of aromatic nitrogens is 1. The van der Waals surface area contributed by atoms with Gasteiger partial charge in [-0.3, -0.25) is 4.57 Å². The van der Waals surface area contributed by atoms with Gasteiger partial charge in [0.25, 0.3) is 0 Å². The summed E-state index contributed by atoms with van der Waals surface area (Å²) < 4.78 is 1.97. The van der Waals surface area contributed by atoms with E-state index in [0.717, 1.165) is 31.6 Å². The van der Waals surface area contributed by atoms with Gasteiger partial charge < -0.3 is 4.90 Å². The van der Waals surface area contributed by atoms with Gasteiger partial charge in [0.05, 0.1) is 0 Å². The van der Waals surface area contributed by atoms with E-state index in [1.807, 2.05) is 21.0 Å². The lowest BCUT2D eigenvalue weighted by molar-refractivity contribution is 0.218. The first kappa shape index (κ1) is 16.8. The Morgan fingerprint density at radius 3 is 2.50 bits per heavy atom. The van der Waals surface area contributed by atoms with Gasteiger partial charge in [-0.15, -0.1) is 11.3 Å². The third-order valence-corrected chi connectivity index (χ3v) is 5.52. The molecule has 0 bridgehead atoms. The smallest absolute Gasteiger partial charge is 0.323 e. The van der Waals surface area contributed by atoms with Crippen molar-refractivity contribution in [1.82, 2.24) is 9.47 Å². The molecule has 1 saturated heterocycles. The number of thiazole rings is 1. The maximum atomic E-state index is 12.3. The maximum Gasteiger partial charge on any atom is 0.346 e. The van der Waals surface area contributed by atoms with Crippen LogP contribution >= 0.6 is 11.3 Å². The van der Waals surface area contributed by atoms with Gasteiger partial charge in [0.2, 0.25) is 0 Å². The molecule has 2 heterocycles. The fraction of sp³-hybridized carbons (Fsp3) is 0.238. The third-order valence-electron chi connectivity index (χ3n) is 4.76. The molecule has 5 heteroatoms. The van der Waals surface area contributed by atoms with Gasteiger partial charge in [0, 0.05) is 30.4 Å². The highest BCUT2D eigenvalue weighted by Gasteiger charge is 2.17. The molecule has 3 aromatic rings. The number of carbonyl (C=O) groups excluding carboxylic acids is 1. The van der Waals surface area contributed by atoms with Crippen LogP contribution in [-0.2, 0) is 0 Å². The first-order valence-electron chi connectivity index (χ1n) is 8.88. The highest BCUT2D eigenvalue weighted by molar-refractivity contribution is 7.07. The topological polar surface area (TPSA) is 37.6 Å². The number of benzene rings is 2. The number of aryl methyl sites for hydroxylation is 1. The molecule has 4 nitrogen and oxygen atoms in total. The second-order valence-corrected chi connectivity index (χ2v) is 7.38. The number of hydrogen-bond acceptors (Lipinski definition) is 2. The van der Waals surface area contributed by atoms with Crippen molar-refractivity contribution in [3.63, 3.8) is 0 Å². The Hall–Kier alpha value is -2.66. The number of urea groups is 1. The molecule has 1 aliphatic rings. The molecule has 0 N–H and O–H groups in total. The average molecular weight is 363 g/mol. The minimum atomic E-state index is -0.129. The Labute approximate surface area is 157 Å². The summed E-state index contributed by atoms with van der Waals surface area (Å²) >= 11 is 1.48. The summed E-state index contributed by atoms with van der Waals surface area (Å²) in [6.45, 7) is 3.76. The van der Waals surface area contributed by atoms with Crippen LogP contribution in [0.4, 0.5) is 4.79 Å². The maximum absolute atomic E-state index is 12.3. The second kappa shape index (κ2) is 7.30. The van der Waals surface area contributed by atoms with Crippen LogP contribution in [0.2, 0.25) is 0 Å². The molecule has 2 amide bonds. The zero-order valence-corrected chi connectivity index (χ0v) is 15.6. The number of rotatable bonds is 2. The molecule has 0 aliphatic carbocycles. The van der Waals surface area contributed by atoms with Crippen LogP contribution in [0.25, 0.3) is 16.8 Å². The second-order valence-electron chi connectivity index (χ2n) is 6.51. The van der Waals surface area contributed by atoms with Gasteiger partial charge >= 0.3 is 6.03 Å². The molecule has 1 aliphatic heterocycles. The van der Waals surface area contributed by atoms with Crippen molar-refractivity contribution >= 4 is 17.4 Å². The van der Waals surface area contributed by atoms with Gasteiger partial charge in [-0.05, 0) is 48.6 Å². The van der Waals surface area contributed by atoms with Crippen molar-refractivity contribution < 1.29 is 4.79 Å². The van der Waals surface area contributed by atoms with E-state index in [2.05, 4.69) is 60.4 Å². The molecular weight excluding hydrogens is 342 g/mol. The summed E-state index contributed by atoms with van der Waals surface area (Å²) in [6, 6.07) is 16.6. The van der Waals surface area contributed by atoms with Crippen LogP contribution in [0.1, 0.15) is 18.4 Å². The van der Waals surface area contributed by atoms with Gasteiger partial charge in [-0.25, -0.2) is 4.79 Å². The summed E-state index contributed by atoms with van der Waals surface area (Å²) in [5.41, 5.74) is 4.70. The van der Waals surface area contributed by atoms with Crippen molar-refractivity contribution in [2.75, 3.05) is 13.1 Å². The van der Waals surface area contributed by atoms with Crippen LogP contribution in [0.3, 0.4) is 0 Å². The van der Waals surface area contributed by atoms with Crippen LogP contribution in [0.15, 0.2) is 65.1 Å². The highest BCUT2D eigenvalue weighted by Crippen LogP contribution is 2.24. The number of likely N-dealkylation sites (tertiary alicyclic amines) is 1. The van der Waals surface area contributed by atoms with Crippen molar-refractivity contribution in [2.24, 2.45) is 4.99 Å². The third kappa shape index (κ3) is 3.35. The summed E-state index contributed by atoms with van der Waals surface area (Å²) in [7, 11) is 0. The molecule has 1 aromatic heterocycles. The van der Waals surface area contributed by atoms with Crippen LogP contribution in [0, 0.1) is 6.92 Å². The first-order chi connectivity index (χ1) is 12.7. The Bertz CT molecular complexity index is 979. The number of hydrogen-bond donors (Lipinski definition) is 0. The van der Waals surface area contributed by atoms with E-state index in [1.54, 1.807) is 0 Å². The van der Waals surface area contributed by atoms with Crippen LogP contribution in [0.5, 0.6) is 0 Å². The van der Waals surface area contributed by atoms with E-state index in [9.17, 15) is 4.79 Å². The Balaban J connectivity index is 1.64. The Kier molecular flexibility index (Phi) is 4.71. The van der Waals surface area contributed by atoms with Crippen molar-refractivity contribution in [1.29, 1.82) is 0 Å². The quantitative estimate of drug-likeness (QED) is 0.654. The molecule has 0 unspecified atom stereocenters. The van der Waals surface area contributed by atoms with Crippen molar-refractivity contribution in [3.05, 3.63) is 70.5 Å². The molecule has 26 heavy (non-hydrogen) atoms. The SMILES string of the molecule is Cc1ccccc1-c1ccc(-n2ccsc2=NC(=O)N2CCCC2)cc1. The molecule has 0 saturated carbocycles. The normalized spacial score (nSPS) is 14.8. The fourth-order valence-corrected chi connectivity index (χ4v) is 4.02. The van der Waals surface area contributed by atoms with Crippen LogP contribution < -0.4 is 4.80 Å². The summed E-state index contributed by atoms with van der Waals surface area (Å²) in [4.78, 5) is 19.2. The molecule has 0 radical (unpaired) electrons.